The van der Waals surface area contributed by atoms with E-state index in [1.165, 1.54) is 0 Å². The lowest BCUT2D eigenvalue weighted by Gasteiger charge is -2.21. The van der Waals surface area contributed by atoms with Gasteiger partial charge < -0.3 is 14.8 Å². The van der Waals surface area contributed by atoms with Gasteiger partial charge in [-0.3, -0.25) is 9.63 Å². The maximum Gasteiger partial charge on any atom is 0.329 e. The van der Waals surface area contributed by atoms with Crippen LogP contribution in [0.25, 0.3) is 0 Å². The number of aromatic amines is 1. The normalized spacial score (nSPS) is 12.0. The molecule has 0 spiro atoms. The number of carbonyl (C=O) groups excluding carboxylic acids is 1. The van der Waals surface area contributed by atoms with E-state index >= 15 is 0 Å². The molecule has 8 nitrogen and oxygen atoms in total. The zero-order chi connectivity index (χ0) is 22.4. The number of carbonyl (C=O) groups is 1. The highest BCUT2D eigenvalue weighted by atomic mass is 79.9. The molecule has 0 bridgehead atoms. The van der Waals surface area contributed by atoms with E-state index in [1.807, 2.05) is 42.5 Å². The average molecular weight is 490 g/mol. The molecule has 0 aliphatic carbocycles. The van der Waals surface area contributed by atoms with Gasteiger partial charge in [-0.25, -0.2) is 14.8 Å². The van der Waals surface area contributed by atoms with Gasteiger partial charge in [0, 0.05) is 4.47 Å². The number of benzene rings is 2. The van der Waals surface area contributed by atoms with Crippen molar-refractivity contribution in [2.75, 3.05) is 0 Å². The Labute approximate surface area is 187 Å². The van der Waals surface area contributed by atoms with E-state index in [9.17, 15) is 14.7 Å². The molecular weight excluding hydrogens is 466 g/mol. The van der Waals surface area contributed by atoms with Crippen molar-refractivity contribution in [1.82, 2.24) is 15.0 Å². The molecule has 1 atom stereocenters. The van der Waals surface area contributed by atoms with Gasteiger partial charge in [0.05, 0.1) is 6.61 Å². The number of hydrogen-bond donors (Lipinski definition) is 3. The van der Waals surface area contributed by atoms with Crippen molar-refractivity contribution in [1.29, 1.82) is 0 Å². The van der Waals surface area contributed by atoms with Gasteiger partial charge >= 0.3 is 5.69 Å². The minimum absolute atomic E-state index is 0.0629. The smallest absolute Gasteiger partial charge is 0.329 e. The van der Waals surface area contributed by atoms with Crippen LogP contribution in [-0.2, 0) is 22.8 Å². The number of rotatable bonds is 9. The van der Waals surface area contributed by atoms with Crippen molar-refractivity contribution in [3.8, 4) is 11.6 Å². The molecule has 0 aliphatic rings. The molecule has 0 saturated carbocycles. The van der Waals surface area contributed by atoms with E-state index in [1.54, 1.807) is 26.0 Å². The molecule has 0 unspecified atom stereocenters. The molecule has 0 aliphatic heterocycles. The average Bonchev–Trinajstić information content (AvgIpc) is 3.02. The predicted octanol–water partition coefficient (Wildman–Crippen LogP) is 3.67. The number of hydrogen-bond acceptors (Lipinski definition) is 5. The molecular formula is C22H24BrN3O5. The number of nitrogens with zero attached hydrogens (tertiary/aromatic N) is 1. The summed E-state index contributed by atoms with van der Waals surface area (Å²) in [6, 6.07) is 15.5. The van der Waals surface area contributed by atoms with Gasteiger partial charge in [-0.15, -0.1) is 0 Å². The topological polar surface area (TPSA) is 106 Å². The lowest BCUT2D eigenvalue weighted by atomic mass is 10.0. The van der Waals surface area contributed by atoms with Gasteiger partial charge in [0.25, 0.3) is 5.91 Å². The van der Waals surface area contributed by atoms with Gasteiger partial charge in [-0.1, -0.05) is 60.1 Å². The fraction of sp³-hybridized carbons (Fsp3) is 0.273. The minimum atomic E-state index is -0.971. The van der Waals surface area contributed by atoms with Crippen LogP contribution >= 0.6 is 15.9 Å². The molecule has 9 heteroatoms. The van der Waals surface area contributed by atoms with Crippen molar-refractivity contribution < 1.29 is 19.5 Å². The highest BCUT2D eigenvalue weighted by Gasteiger charge is 2.30. The first-order chi connectivity index (χ1) is 14.9. The fourth-order valence-corrected chi connectivity index (χ4v) is 3.34. The number of aromatic hydroxyl groups is 1. The van der Waals surface area contributed by atoms with Gasteiger partial charge in [-0.05, 0) is 35.7 Å². The Morgan fingerprint density at radius 2 is 1.81 bits per heavy atom. The molecule has 0 fully saturated rings. The number of nitrogens with one attached hydrogen (secondary N) is 2. The van der Waals surface area contributed by atoms with Crippen LogP contribution in [0.2, 0.25) is 0 Å². The fourth-order valence-electron chi connectivity index (χ4n) is 3.08. The van der Waals surface area contributed by atoms with E-state index in [4.69, 9.17) is 9.57 Å². The number of H-pyrrole nitrogens is 1. The first-order valence-electron chi connectivity index (χ1n) is 9.73. The highest BCUT2D eigenvalue weighted by molar-refractivity contribution is 9.10. The number of amides is 1. The Bertz CT molecular complexity index is 1060. The van der Waals surface area contributed by atoms with Crippen LogP contribution in [0.5, 0.6) is 11.6 Å². The predicted molar refractivity (Wildman–Crippen MR) is 118 cm³/mol. The van der Waals surface area contributed by atoms with Crippen LogP contribution < -0.4 is 15.9 Å². The van der Waals surface area contributed by atoms with Gasteiger partial charge in [0.1, 0.15) is 24.1 Å². The molecule has 1 amide bonds. The van der Waals surface area contributed by atoms with Crippen LogP contribution in [-0.4, -0.2) is 20.6 Å². The maximum absolute atomic E-state index is 12.7. The third-order valence-corrected chi connectivity index (χ3v) is 5.13. The van der Waals surface area contributed by atoms with E-state index < -0.39 is 17.6 Å². The maximum atomic E-state index is 12.7. The Morgan fingerprint density at radius 1 is 1.13 bits per heavy atom. The molecule has 164 valence electrons. The summed E-state index contributed by atoms with van der Waals surface area (Å²) in [6.07, 6.45) is 0. The third-order valence-electron chi connectivity index (χ3n) is 4.60. The SMILES string of the molecule is CC(C)[C@H](C(=O)NOCc1ccccc1)n1c(O)c(COc2ccc(Br)cc2)[nH]c1=O. The summed E-state index contributed by atoms with van der Waals surface area (Å²) in [5, 5.41) is 10.6. The van der Waals surface area contributed by atoms with Crippen LogP contribution in [0.15, 0.2) is 63.9 Å². The number of ether oxygens (including phenoxy) is 1. The summed E-state index contributed by atoms with van der Waals surface area (Å²) in [4.78, 5) is 33.1. The van der Waals surface area contributed by atoms with Crippen molar-refractivity contribution in [3.05, 3.63) is 80.8 Å². The lowest BCUT2D eigenvalue weighted by Crippen LogP contribution is -2.39. The standard InChI is InChI=1S/C22H24BrN3O5/c1-14(2)19(20(27)25-31-12-15-6-4-3-5-7-15)26-21(28)18(24-22(26)29)13-30-17-10-8-16(23)9-11-17/h3-11,14,19,28H,12-13H2,1-2H3,(H,24,29)(H,25,27)/t19-/m1/s1. The van der Waals surface area contributed by atoms with Crippen LogP contribution in [0.4, 0.5) is 0 Å². The Hall–Kier alpha value is -3.04. The molecule has 3 aromatic rings. The monoisotopic (exact) mass is 489 g/mol. The summed E-state index contributed by atoms with van der Waals surface area (Å²) in [5.74, 6) is -0.606. The van der Waals surface area contributed by atoms with Gasteiger partial charge in [0.15, 0.2) is 0 Å². The number of hydroxylamine groups is 1. The first-order valence-corrected chi connectivity index (χ1v) is 10.5. The Balaban J connectivity index is 1.70. The van der Waals surface area contributed by atoms with Crippen LogP contribution in [0.3, 0.4) is 0 Å². The Morgan fingerprint density at radius 3 is 2.45 bits per heavy atom. The Kier molecular flexibility index (Phi) is 7.54. The zero-order valence-corrected chi connectivity index (χ0v) is 18.8. The first kappa shape index (κ1) is 22.6. The van der Waals surface area contributed by atoms with E-state index in [2.05, 4.69) is 26.4 Å². The third kappa shape index (κ3) is 5.77. The number of halogens is 1. The van der Waals surface area contributed by atoms with Crippen molar-refractivity contribution in [3.63, 3.8) is 0 Å². The summed E-state index contributed by atoms with van der Waals surface area (Å²) in [7, 11) is 0. The number of aromatic nitrogens is 2. The van der Waals surface area contributed by atoms with Crippen molar-refractivity contribution in [2.24, 2.45) is 5.92 Å². The van der Waals surface area contributed by atoms with E-state index in [0.717, 1.165) is 14.6 Å². The lowest BCUT2D eigenvalue weighted by molar-refractivity contribution is -0.139. The number of imidazole rings is 1. The molecule has 2 aromatic carbocycles. The van der Waals surface area contributed by atoms with Crippen molar-refractivity contribution >= 4 is 21.8 Å². The summed E-state index contributed by atoms with van der Waals surface area (Å²) in [6.45, 7) is 3.67. The molecule has 3 N–H and O–H groups in total. The summed E-state index contributed by atoms with van der Waals surface area (Å²) < 4.78 is 7.55. The largest absolute Gasteiger partial charge is 0.493 e. The highest BCUT2D eigenvalue weighted by Crippen LogP contribution is 2.25. The summed E-state index contributed by atoms with van der Waals surface area (Å²) >= 11 is 3.35. The molecule has 1 heterocycles. The van der Waals surface area contributed by atoms with Crippen molar-refractivity contribution in [2.45, 2.75) is 33.1 Å². The second-order valence-electron chi connectivity index (χ2n) is 7.27. The molecule has 3 rings (SSSR count). The minimum Gasteiger partial charge on any atom is -0.493 e. The molecule has 0 radical (unpaired) electrons. The zero-order valence-electron chi connectivity index (χ0n) is 17.2. The molecule has 0 saturated heterocycles. The van der Waals surface area contributed by atoms with E-state index in [-0.39, 0.29) is 30.7 Å². The quantitative estimate of drug-likeness (QED) is 0.397. The van der Waals surface area contributed by atoms with Crippen LogP contribution in [0, 0.1) is 5.92 Å². The molecule has 1 aromatic heterocycles. The second-order valence-corrected chi connectivity index (χ2v) is 8.19. The van der Waals surface area contributed by atoms with Gasteiger partial charge in [0.2, 0.25) is 5.88 Å². The van der Waals surface area contributed by atoms with Gasteiger partial charge in [-0.2, -0.15) is 0 Å². The molecule has 31 heavy (non-hydrogen) atoms. The van der Waals surface area contributed by atoms with E-state index in [0.29, 0.717) is 5.75 Å². The van der Waals surface area contributed by atoms with Crippen LogP contribution in [0.1, 0.15) is 31.1 Å². The summed E-state index contributed by atoms with van der Waals surface area (Å²) in [5.41, 5.74) is 2.84. The second kappa shape index (κ2) is 10.3.